The second-order valence-corrected chi connectivity index (χ2v) is 7.65. The number of rotatable bonds is 6. The molecule has 126 valence electrons. The van der Waals surface area contributed by atoms with Crippen LogP contribution in [-0.2, 0) is 14.8 Å². The molecule has 3 rings (SSSR count). The Morgan fingerprint density at radius 3 is 2.83 bits per heavy atom. The van der Waals surface area contributed by atoms with Gasteiger partial charge in [0.2, 0.25) is 10.0 Å². The number of fused-ring (bicyclic) bond motifs is 1. The van der Waals surface area contributed by atoms with Gasteiger partial charge in [-0.05, 0) is 23.6 Å². The second kappa shape index (κ2) is 6.23. The highest BCUT2D eigenvalue weighted by molar-refractivity contribution is 7.89. The van der Waals surface area contributed by atoms with Crippen LogP contribution in [0.15, 0.2) is 49.8 Å². The zero-order valence-corrected chi connectivity index (χ0v) is 13.7. The van der Waals surface area contributed by atoms with Crippen LogP contribution in [0.5, 0.6) is 0 Å². The Balaban J connectivity index is 1.95. The molecular formula is C14H12N2O6S2. The summed E-state index contributed by atoms with van der Waals surface area (Å²) in [5.41, 5.74) is 0.480. The average Bonchev–Trinajstić information content (AvgIpc) is 3.13. The van der Waals surface area contributed by atoms with Gasteiger partial charge in [0.05, 0.1) is 22.9 Å². The first-order valence-electron chi connectivity index (χ1n) is 6.75. The van der Waals surface area contributed by atoms with Crippen LogP contribution < -0.4 is 10.5 Å². The van der Waals surface area contributed by atoms with Gasteiger partial charge in [0.15, 0.2) is 5.58 Å². The Hall–Kier alpha value is -2.43. The number of sulfonamides is 1. The Morgan fingerprint density at radius 1 is 1.38 bits per heavy atom. The molecule has 3 aromatic rings. The van der Waals surface area contributed by atoms with Crippen LogP contribution in [0.3, 0.4) is 0 Å². The minimum absolute atomic E-state index is 0.105. The standard InChI is InChI=1S/C14H12N2O6S2/c17-13(18)7-10(12-2-1-5-23-12)16-24(20,21)8-3-4-9-11(6-8)22-14(19)15-9/h1-6,10,16H,7H2,(H,15,19)(H,17,18). The van der Waals surface area contributed by atoms with Crippen LogP contribution >= 0.6 is 11.3 Å². The summed E-state index contributed by atoms with van der Waals surface area (Å²) in [4.78, 5) is 25.1. The summed E-state index contributed by atoms with van der Waals surface area (Å²) in [6, 6.07) is 6.41. The van der Waals surface area contributed by atoms with Crippen LogP contribution in [-0.4, -0.2) is 24.5 Å². The van der Waals surface area contributed by atoms with E-state index in [1.165, 1.54) is 29.5 Å². The predicted octanol–water partition coefficient (Wildman–Crippen LogP) is 1.68. The van der Waals surface area contributed by atoms with Gasteiger partial charge >= 0.3 is 11.7 Å². The van der Waals surface area contributed by atoms with Gasteiger partial charge in [-0.15, -0.1) is 11.3 Å². The van der Waals surface area contributed by atoms with Crippen molar-refractivity contribution in [3.8, 4) is 0 Å². The molecule has 10 heteroatoms. The van der Waals surface area contributed by atoms with Crippen LogP contribution in [0.25, 0.3) is 11.1 Å². The number of benzene rings is 1. The van der Waals surface area contributed by atoms with Gasteiger partial charge in [-0.1, -0.05) is 6.07 Å². The molecule has 0 aliphatic heterocycles. The predicted molar refractivity (Wildman–Crippen MR) is 86.5 cm³/mol. The SMILES string of the molecule is O=C(O)CC(NS(=O)(=O)c1ccc2[nH]c(=O)oc2c1)c1cccs1. The molecule has 1 atom stereocenters. The molecule has 3 N–H and O–H groups in total. The lowest BCUT2D eigenvalue weighted by molar-refractivity contribution is -0.137. The first-order valence-corrected chi connectivity index (χ1v) is 9.12. The number of nitrogens with one attached hydrogen (secondary N) is 2. The van der Waals surface area contributed by atoms with Crippen LogP contribution in [0.2, 0.25) is 0 Å². The quantitative estimate of drug-likeness (QED) is 0.607. The maximum absolute atomic E-state index is 12.5. The van der Waals surface area contributed by atoms with Crippen molar-refractivity contribution in [1.29, 1.82) is 0 Å². The zero-order chi connectivity index (χ0) is 17.3. The van der Waals surface area contributed by atoms with Gasteiger partial charge < -0.3 is 9.52 Å². The largest absolute Gasteiger partial charge is 0.481 e. The first kappa shape index (κ1) is 16.4. The maximum Gasteiger partial charge on any atom is 0.417 e. The molecule has 0 aliphatic rings. The Kier molecular flexibility index (Phi) is 4.26. The van der Waals surface area contributed by atoms with Crippen molar-refractivity contribution in [3.05, 3.63) is 51.1 Å². The summed E-state index contributed by atoms with van der Waals surface area (Å²) in [6.07, 6.45) is -0.388. The summed E-state index contributed by atoms with van der Waals surface area (Å²) in [5, 5.41) is 10.7. The van der Waals surface area contributed by atoms with Crippen molar-refractivity contribution in [1.82, 2.24) is 9.71 Å². The molecule has 0 fully saturated rings. The lowest BCUT2D eigenvalue weighted by Crippen LogP contribution is -2.29. The van der Waals surface area contributed by atoms with Gasteiger partial charge in [-0.2, -0.15) is 0 Å². The number of aromatic amines is 1. The van der Waals surface area contributed by atoms with Gasteiger partial charge in [0, 0.05) is 10.9 Å². The van der Waals surface area contributed by atoms with E-state index in [4.69, 9.17) is 9.52 Å². The van der Waals surface area contributed by atoms with Crippen molar-refractivity contribution in [2.45, 2.75) is 17.4 Å². The number of oxazole rings is 1. The van der Waals surface area contributed by atoms with E-state index in [-0.39, 0.29) is 16.9 Å². The molecular weight excluding hydrogens is 356 g/mol. The number of thiophene rings is 1. The van der Waals surface area contributed by atoms with E-state index < -0.39 is 27.8 Å². The number of H-pyrrole nitrogens is 1. The van der Waals surface area contributed by atoms with Crippen molar-refractivity contribution in [2.75, 3.05) is 0 Å². The zero-order valence-electron chi connectivity index (χ0n) is 12.1. The molecule has 1 unspecified atom stereocenters. The lowest BCUT2D eigenvalue weighted by Gasteiger charge is -2.15. The van der Waals surface area contributed by atoms with Gasteiger partial charge in [-0.25, -0.2) is 17.9 Å². The van der Waals surface area contributed by atoms with Crippen molar-refractivity contribution in [3.63, 3.8) is 0 Å². The van der Waals surface area contributed by atoms with Gasteiger partial charge in [0.1, 0.15) is 0 Å². The number of hydrogen-bond donors (Lipinski definition) is 3. The maximum atomic E-state index is 12.5. The van der Waals surface area contributed by atoms with Crippen molar-refractivity contribution in [2.24, 2.45) is 0 Å². The molecule has 0 spiro atoms. The summed E-state index contributed by atoms with van der Waals surface area (Å²) in [7, 11) is -4.00. The van der Waals surface area contributed by atoms with Crippen LogP contribution in [0, 0.1) is 0 Å². The van der Waals surface area contributed by atoms with E-state index in [0.717, 1.165) is 0 Å². The number of carbonyl (C=O) groups is 1. The second-order valence-electron chi connectivity index (χ2n) is 4.96. The molecule has 24 heavy (non-hydrogen) atoms. The molecule has 2 aromatic heterocycles. The van der Waals surface area contributed by atoms with Crippen molar-refractivity contribution < 1.29 is 22.7 Å². The molecule has 8 nitrogen and oxygen atoms in total. The number of aliphatic carboxylic acids is 1. The highest BCUT2D eigenvalue weighted by atomic mass is 32.2. The summed E-state index contributed by atoms with van der Waals surface area (Å²) >= 11 is 1.26. The first-order chi connectivity index (χ1) is 11.3. The lowest BCUT2D eigenvalue weighted by atomic mass is 10.2. The summed E-state index contributed by atoms with van der Waals surface area (Å²) in [6.45, 7) is 0. The topological polar surface area (TPSA) is 129 Å². The fourth-order valence-electron chi connectivity index (χ4n) is 2.21. The molecule has 0 aliphatic carbocycles. The Labute approximate surface area is 139 Å². The molecule has 2 heterocycles. The smallest absolute Gasteiger partial charge is 0.417 e. The van der Waals surface area contributed by atoms with E-state index in [1.807, 2.05) is 0 Å². The fourth-order valence-corrected chi connectivity index (χ4v) is 4.30. The van der Waals surface area contributed by atoms with E-state index in [2.05, 4.69) is 9.71 Å². The molecule has 0 amide bonds. The van der Waals surface area contributed by atoms with E-state index in [1.54, 1.807) is 17.5 Å². The number of hydrogen-bond acceptors (Lipinski definition) is 6. The van der Waals surface area contributed by atoms with Crippen molar-refractivity contribution >= 4 is 38.4 Å². The highest BCUT2D eigenvalue weighted by Crippen LogP contribution is 2.25. The molecule has 0 radical (unpaired) electrons. The average molecular weight is 368 g/mol. The van der Waals surface area contributed by atoms with E-state index >= 15 is 0 Å². The summed E-state index contributed by atoms with van der Waals surface area (Å²) < 4.78 is 32.3. The number of carboxylic acids is 1. The Bertz CT molecular complexity index is 1030. The normalized spacial score (nSPS) is 13.2. The minimum atomic E-state index is -4.00. The Morgan fingerprint density at radius 2 is 2.17 bits per heavy atom. The van der Waals surface area contributed by atoms with Crippen LogP contribution in [0.1, 0.15) is 17.3 Å². The molecule has 0 saturated heterocycles. The molecule has 0 saturated carbocycles. The van der Waals surface area contributed by atoms with Gasteiger partial charge in [0.25, 0.3) is 0 Å². The van der Waals surface area contributed by atoms with Gasteiger partial charge in [-0.3, -0.25) is 9.78 Å². The van der Waals surface area contributed by atoms with E-state index in [0.29, 0.717) is 10.4 Å². The van der Waals surface area contributed by atoms with Crippen LogP contribution in [0.4, 0.5) is 0 Å². The summed E-state index contributed by atoms with van der Waals surface area (Å²) in [5.74, 6) is -1.81. The third-order valence-electron chi connectivity index (χ3n) is 3.27. The highest BCUT2D eigenvalue weighted by Gasteiger charge is 2.25. The third kappa shape index (κ3) is 3.40. The third-order valence-corrected chi connectivity index (χ3v) is 5.72. The fraction of sp³-hybridized carbons (Fsp3) is 0.143. The monoisotopic (exact) mass is 368 g/mol. The molecule has 0 bridgehead atoms. The van der Waals surface area contributed by atoms with E-state index in [9.17, 15) is 18.0 Å². The number of carboxylic acid groups (broad SMARTS) is 1. The minimum Gasteiger partial charge on any atom is -0.481 e. The molecule has 1 aromatic carbocycles. The number of aromatic nitrogens is 1.